The molecule has 0 unspecified atom stereocenters. The van der Waals surface area contributed by atoms with Crippen molar-refractivity contribution in [3.63, 3.8) is 0 Å². The van der Waals surface area contributed by atoms with E-state index in [4.69, 9.17) is 4.74 Å². The number of halogens is 1. The van der Waals surface area contributed by atoms with E-state index in [9.17, 15) is 4.79 Å². The lowest BCUT2D eigenvalue weighted by Gasteiger charge is -2.44. The van der Waals surface area contributed by atoms with Crippen molar-refractivity contribution in [2.75, 3.05) is 5.32 Å². The Labute approximate surface area is 95.9 Å². The number of rotatable bonds is 0. The SMILES string of the molecule is O=C1Nc2cc(Br)ccc2C2(CCC2)O1. The van der Waals surface area contributed by atoms with Crippen molar-refractivity contribution >= 4 is 27.7 Å². The molecule has 1 N–H and O–H groups in total. The molecule has 3 nitrogen and oxygen atoms in total. The molecule has 4 heteroatoms. The molecule has 1 aromatic rings. The van der Waals surface area contributed by atoms with E-state index in [0.29, 0.717) is 0 Å². The van der Waals surface area contributed by atoms with Crippen LogP contribution in [-0.4, -0.2) is 6.09 Å². The van der Waals surface area contributed by atoms with Gasteiger partial charge in [-0.1, -0.05) is 22.0 Å². The zero-order valence-electron chi connectivity index (χ0n) is 8.05. The molecule has 1 fully saturated rings. The van der Waals surface area contributed by atoms with E-state index < -0.39 is 0 Å². The van der Waals surface area contributed by atoms with Crippen molar-refractivity contribution in [3.05, 3.63) is 28.2 Å². The summed E-state index contributed by atoms with van der Waals surface area (Å²) in [5.74, 6) is 0. The molecule has 1 heterocycles. The summed E-state index contributed by atoms with van der Waals surface area (Å²) >= 11 is 3.40. The summed E-state index contributed by atoms with van der Waals surface area (Å²) in [4.78, 5) is 11.4. The first-order valence-corrected chi connectivity index (χ1v) is 5.79. The van der Waals surface area contributed by atoms with Crippen molar-refractivity contribution < 1.29 is 9.53 Å². The van der Waals surface area contributed by atoms with Crippen LogP contribution in [0.1, 0.15) is 24.8 Å². The number of anilines is 1. The quantitative estimate of drug-likeness (QED) is 0.783. The van der Waals surface area contributed by atoms with Crippen molar-refractivity contribution in [1.29, 1.82) is 0 Å². The lowest BCUT2D eigenvalue weighted by Crippen LogP contribution is -2.44. The summed E-state index contributed by atoms with van der Waals surface area (Å²) in [5, 5.41) is 2.73. The fraction of sp³-hybridized carbons (Fsp3) is 0.364. The van der Waals surface area contributed by atoms with Crippen LogP contribution < -0.4 is 5.32 Å². The lowest BCUT2D eigenvalue weighted by atomic mass is 9.73. The number of hydrogen-bond acceptors (Lipinski definition) is 2. The van der Waals surface area contributed by atoms with Crippen molar-refractivity contribution in [1.82, 2.24) is 0 Å². The van der Waals surface area contributed by atoms with Crippen LogP contribution in [0.15, 0.2) is 22.7 Å². The van der Waals surface area contributed by atoms with Gasteiger partial charge in [0, 0.05) is 10.0 Å². The Kier molecular flexibility index (Phi) is 1.83. The molecule has 0 saturated heterocycles. The van der Waals surface area contributed by atoms with E-state index >= 15 is 0 Å². The van der Waals surface area contributed by atoms with E-state index in [-0.39, 0.29) is 11.7 Å². The first-order valence-electron chi connectivity index (χ1n) is 5.00. The van der Waals surface area contributed by atoms with Crippen LogP contribution in [0.2, 0.25) is 0 Å². The number of amides is 1. The number of ether oxygens (including phenoxy) is 1. The second-order valence-corrected chi connectivity index (χ2v) is 4.97. The molecule has 0 radical (unpaired) electrons. The van der Waals surface area contributed by atoms with Crippen molar-refractivity contribution in [2.45, 2.75) is 24.9 Å². The maximum Gasteiger partial charge on any atom is 0.412 e. The maximum atomic E-state index is 11.4. The number of carbonyl (C=O) groups excluding carboxylic acids is 1. The minimum absolute atomic E-state index is 0.333. The van der Waals surface area contributed by atoms with Gasteiger partial charge in [0.1, 0.15) is 5.60 Å². The maximum absolute atomic E-state index is 11.4. The summed E-state index contributed by atoms with van der Waals surface area (Å²) in [6.07, 6.45) is 2.67. The van der Waals surface area contributed by atoms with Gasteiger partial charge in [0.15, 0.2) is 0 Å². The lowest BCUT2D eigenvalue weighted by molar-refractivity contribution is -0.0504. The van der Waals surface area contributed by atoms with Crippen molar-refractivity contribution in [3.8, 4) is 0 Å². The number of fused-ring (bicyclic) bond motifs is 2. The summed E-state index contributed by atoms with van der Waals surface area (Å²) in [5.41, 5.74) is 1.65. The highest BCUT2D eigenvalue weighted by Gasteiger charge is 2.46. The van der Waals surface area contributed by atoms with Gasteiger partial charge in [-0.15, -0.1) is 0 Å². The van der Waals surface area contributed by atoms with Crippen LogP contribution in [0.4, 0.5) is 10.5 Å². The molecule has 1 aromatic carbocycles. The first kappa shape index (κ1) is 9.21. The highest BCUT2D eigenvalue weighted by atomic mass is 79.9. The molecule has 0 atom stereocenters. The molecule has 15 heavy (non-hydrogen) atoms. The molecule has 1 amide bonds. The Morgan fingerprint density at radius 3 is 2.87 bits per heavy atom. The second kappa shape index (κ2) is 2.98. The number of benzene rings is 1. The molecular formula is C11H10BrNO2. The largest absolute Gasteiger partial charge is 0.438 e. The predicted molar refractivity (Wildman–Crippen MR) is 59.8 cm³/mol. The highest BCUT2D eigenvalue weighted by molar-refractivity contribution is 9.10. The van der Waals surface area contributed by atoms with Crippen LogP contribution in [0, 0.1) is 0 Å². The van der Waals surface area contributed by atoms with E-state index in [2.05, 4.69) is 21.2 Å². The molecule has 1 aliphatic carbocycles. The van der Waals surface area contributed by atoms with E-state index in [1.807, 2.05) is 18.2 Å². The smallest absolute Gasteiger partial charge is 0.412 e. The second-order valence-electron chi connectivity index (χ2n) is 4.05. The summed E-state index contributed by atoms with van der Waals surface area (Å²) in [6.45, 7) is 0. The van der Waals surface area contributed by atoms with Gasteiger partial charge in [-0.3, -0.25) is 5.32 Å². The van der Waals surface area contributed by atoms with Gasteiger partial charge in [0.2, 0.25) is 0 Å². The average molecular weight is 268 g/mol. The fourth-order valence-corrected chi connectivity index (χ4v) is 2.62. The topological polar surface area (TPSA) is 38.3 Å². The minimum atomic E-state index is -0.335. The van der Waals surface area contributed by atoms with E-state index in [0.717, 1.165) is 35.0 Å². The number of carbonyl (C=O) groups is 1. The molecule has 3 rings (SSSR count). The number of hydrogen-bond donors (Lipinski definition) is 1. The van der Waals surface area contributed by atoms with Crippen molar-refractivity contribution in [2.24, 2.45) is 0 Å². The molecule has 1 spiro atoms. The molecule has 2 aliphatic rings. The van der Waals surface area contributed by atoms with E-state index in [1.165, 1.54) is 0 Å². The first-order chi connectivity index (χ1) is 7.20. The molecule has 1 aliphatic heterocycles. The molecule has 0 aromatic heterocycles. The van der Waals surface area contributed by atoms with Crippen LogP contribution in [-0.2, 0) is 10.3 Å². The molecule has 0 bridgehead atoms. The van der Waals surface area contributed by atoms with Gasteiger partial charge < -0.3 is 4.74 Å². The molecular weight excluding hydrogens is 258 g/mol. The fourth-order valence-electron chi connectivity index (χ4n) is 2.25. The third-order valence-corrected chi connectivity index (χ3v) is 3.65. The van der Waals surface area contributed by atoms with Gasteiger partial charge in [-0.2, -0.15) is 0 Å². The summed E-state index contributed by atoms with van der Waals surface area (Å²) < 4.78 is 6.38. The average Bonchev–Trinajstić information content (AvgIpc) is 2.13. The van der Waals surface area contributed by atoms with Crippen LogP contribution >= 0.6 is 15.9 Å². The van der Waals surface area contributed by atoms with Gasteiger partial charge >= 0.3 is 6.09 Å². The molecule has 78 valence electrons. The van der Waals surface area contributed by atoms with Crippen LogP contribution in [0.25, 0.3) is 0 Å². The Morgan fingerprint density at radius 2 is 2.20 bits per heavy atom. The highest BCUT2D eigenvalue weighted by Crippen LogP contribution is 2.50. The predicted octanol–water partition coefficient (Wildman–Crippen LogP) is 3.39. The Balaban J connectivity index is 2.14. The van der Waals surface area contributed by atoms with E-state index in [1.54, 1.807) is 0 Å². The van der Waals surface area contributed by atoms with Crippen LogP contribution in [0.3, 0.4) is 0 Å². The van der Waals surface area contributed by atoms with Gasteiger partial charge in [0.05, 0.1) is 5.69 Å². The standard InChI is InChI=1S/C11H10BrNO2/c12-7-2-3-8-9(6-7)13-10(14)15-11(8)4-1-5-11/h2-3,6H,1,4-5H2,(H,13,14). The third-order valence-electron chi connectivity index (χ3n) is 3.16. The minimum Gasteiger partial charge on any atom is -0.438 e. The summed E-state index contributed by atoms with van der Waals surface area (Å²) in [6, 6.07) is 5.94. The third kappa shape index (κ3) is 1.28. The monoisotopic (exact) mass is 267 g/mol. The zero-order chi connectivity index (χ0) is 10.5. The number of nitrogens with one attached hydrogen (secondary N) is 1. The van der Waals surface area contributed by atoms with Gasteiger partial charge in [-0.25, -0.2) is 4.79 Å². The summed E-state index contributed by atoms with van der Waals surface area (Å²) in [7, 11) is 0. The zero-order valence-corrected chi connectivity index (χ0v) is 9.63. The van der Waals surface area contributed by atoms with Crippen LogP contribution in [0.5, 0.6) is 0 Å². The Hall–Kier alpha value is -1.03. The normalized spacial score (nSPS) is 21.3. The van der Waals surface area contributed by atoms with Gasteiger partial charge in [0.25, 0.3) is 0 Å². The Bertz CT molecular complexity index is 440. The Morgan fingerprint density at radius 1 is 1.40 bits per heavy atom. The van der Waals surface area contributed by atoms with Gasteiger partial charge in [-0.05, 0) is 31.4 Å². The molecule has 1 saturated carbocycles.